The fourth-order valence-corrected chi connectivity index (χ4v) is 3.00. The van der Waals surface area contributed by atoms with Gasteiger partial charge >= 0.3 is 0 Å². The number of rotatable bonds is 9. The lowest BCUT2D eigenvalue weighted by atomic mass is 10.2. The number of nitrogens with one attached hydrogen (secondary N) is 1. The number of carbonyl (C=O) groups excluding carboxylic acids is 2. The normalized spacial score (nSPS) is 10.4. The van der Waals surface area contributed by atoms with Gasteiger partial charge in [0.25, 0.3) is 5.91 Å². The third kappa shape index (κ3) is 6.14. The predicted molar refractivity (Wildman–Crippen MR) is 114 cm³/mol. The van der Waals surface area contributed by atoms with Crippen molar-refractivity contribution in [1.29, 1.82) is 0 Å². The van der Waals surface area contributed by atoms with Crippen LogP contribution in [0.4, 0.5) is 5.69 Å². The molecule has 2 aromatic rings. The van der Waals surface area contributed by atoms with Crippen molar-refractivity contribution in [2.45, 2.75) is 26.7 Å². The summed E-state index contributed by atoms with van der Waals surface area (Å²) in [5, 5.41) is 3.35. The SMILES string of the molecule is CCCCOc1ccc(C(=O)N(CC)CC(=O)Nc2c(Cl)cccc2Cl)cc1. The third-order valence-electron chi connectivity index (χ3n) is 4.10. The molecule has 0 spiro atoms. The average molecular weight is 423 g/mol. The van der Waals surface area contributed by atoms with Gasteiger partial charge in [0.1, 0.15) is 12.3 Å². The van der Waals surface area contributed by atoms with Crippen LogP contribution in [-0.4, -0.2) is 36.4 Å². The minimum atomic E-state index is -0.371. The van der Waals surface area contributed by atoms with Gasteiger partial charge in [-0.15, -0.1) is 0 Å². The molecule has 0 fully saturated rings. The van der Waals surface area contributed by atoms with Crippen molar-refractivity contribution in [2.75, 3.05) is 25.0 Å². The Morgan fingerprint density at radius 2 is 1.68 bits per heavy atom. The Bertz CT molecular complexity index is 790. The zero-order valence-electron chi connectivity index (χ0n) is 16.0. The molecule has 0 unspecified atom stereocenters. The molecule has 2 amide bonds. The number of unbranched alkanes of at least 4 members (excludes halogenated alkanes) is 1. The van der Waals surface area contributed by atoms with Gasteiger partial charge in [0.15, 0.2) is 0 Å². The van der Waals surface area contributed by atoms with Gasteiger partial charge in [-0.05, 0) is 49.7 Å². The van der Waals surface area contributed by atoms with Gasteiger partial charge in [-0.3, -0.25) is 9.59 Å². The molecule has 0 aliphatic rings. The van der Waals surface area contributed by atoms with E-state index in [1.165, 1.54) is 4.90 Å². The zero-order valence-corrected chi connectivity index (χ0v) is 17.5. The first-order valence-corrected chi connectivity index (χ1v) is 9.97. The maximum Gasteiger partial charge on any atom is 0.254 e. The summed E-state index contributed by atoms with van der Waals surface area (Å²) >= 11 is 12.1. The standard InChI is InChI=1S/C21H24Cl2N2O3/c1-3-5-13-28-16-11-9-15(10-12-16)21(27)25(4-2)14-19(26)24-20-17(22)7-6-8-18(20)23/h6-12H,3-5,13-14H2,1-2H3,(H,24,26). The maximum absolute atomic E-state index is 12.7. The number of carbonyl (C=O) groups is 2. The van der Waals surface area contributed by atoms with Gasteiger partial charge in [0, 0.05) is 12.1 Å². The second-order valence-electron chi connectivity index (χ2n) is 6.19. The van der Waals surface area contributed by atoms with Crippen LogP contribution >= 0.6 is 23.2 Å². The molecule has 0 heterocycles. The van der Waals surface area contributed by atoms with Gasteiger partial charge in [-0.2, -0.15) is 0 Å². The molecule has 0 saturated heterocycles. The van der Waals surface area contributed by atoms with E-state index in [1.54, 1.807) is 42.5 Å². The number of ether oxygens (including phenoxy) is 1. The molecule has 5 nitrogen and oxygen atoms in total. The van der Waals surface area contributed by atoms with Gasteiger partial charge < -0.3 is 15.0 Å². The molecule has 2 rings (SSSR count). The van der Waals surface area contributed by atoms with E-state index in [2.05, 4.69) is 12.2 Å². The number of likely N-dealkylation sites (N-methyl/N-ethyl adjacent to an activating group) is 1. The maximum atomic E-state index is 12.7. The highest BCUT2D eigenvalue weighted by molar-refractivity contribution is 6.39. The number of amides is 2. The van der Waals surface area contributed by atoms with E-state index in [1.807, 2.05) is 6.92 Å². The first kappa shape index (κ1) is 22.1. The van der Waals surface area contributed by atoms with Crippen LogP contribution in [0.2, 0.25) is 10.0 Å². The minimum Gasteiger partial charge on any atom is -0.494 e. The summed E-state index contributed by atoms with van der Waals surface area (Å²) in [4.78, 5) is 26.6. The lowest BCUT2D eigenvalue weighted by molar-refractivity contribution is -0.116. The zero-order chi connectivity index (χ0) is 20.5. The van der Waals surface area contributed by atoms with Crippen molar-refractivity contribution < 1.29 is 14.3 Å². The second kappa shape index (κ2) is 10.9. The lowest BCUT2D eigenvalue weighted by Gasteiger charge is -2.21. The van der Waals surface area contributed by atoms with Crippen molar-refractivity contribution in [2.24, 2.45) is 0 Å². The van der Waals surface area contributed by atoms with Crippen LogP contribution in [0.5, 0.6) is 5.75 Å². The van der Waals surface area contributed by atoms with Crippen LogP contribution in [-0.2, 0) is 4.79 Å². The van der Waals surface area contributed by atoms with E-state index in [0.717, 1.165) is 18.6 Å². The van der Waals surface area contributed by atoms with Gasteiger partial charge in [-0.1, -0.05) is 42.6 Å². The number of halogens is 2. The fraction of sp³-hybridized carbons (Fsp3) is 0.333. The van der Waals surface area contributed by atoms with Crippen LogP contribution in [0.15, 0.2) is 42.5 Å². The molecule has 0 atom stereocenters. The number of nitrogens with zero attached hydrogens (tertiary/aromatic N) is 1. The summed E-state index contributed by atoms with van der Waals surface area (Å²) in [6.07, 6.45) is 2.04. The Kier molecular flexibility index (Phi) is 8.61. The third-order valence-corrected chi connectivity index (χ3v) is 4.73. The largest absolute Gasteiger partial charge is 0.494 e. The molecular weight excluding hydrogens is 399 g/mol. The van der Waals surface area contributed by atoms with Crippen molar-refractivity contribution in [3.8, 4) is 5.75 Å². The Balaban J connectivity index is 2.00. The molecule has 0 saturated carbocycles. The molecule has 150 valence electrons. The molecule has 0 bridgehead atoms. The van der Waals surface area contributed by atoms with E-state index in [9.17, 15) is 9.59 Å². The molecule has 0 radical (unpaired) electrons. The van der Waals surface area contributed by atoms with E-state index in [4.69, 9.17) is 27.9 Å². The Morgan fingerprint density at radius 1 is 1.04 bits per heavy atom. The van der Waals surface area contributed by atoms with Crippen molar-refractivity contribution in [3.63, 3.8) is 0 Å². The molecule has 1 N–H and O–H groups in total. The molecular formula is C21H24Cl2N2O3. The Labute approximate surface area is 175 Å². The highest BCUT2D eigenvalue weighted by Gasteiger charge is 2.18. The Hall–Kier alpha value is -2.24. The first-order valence-electron chi connectivity index (χ1n) is 9.22. The molecule has 28 heavy (non-hydrogen) atoms. The van der Waals surface area contributed by atoms with E-state index < -0.39 is 0 Å². The number of benzene rings is 2. The van der Waals surface area contributed by atoms with Crippen LogP contribution in [0.1, 0.15) is 37.0 Å². The second-order valence-corrected chi connectivity index (χ2v) is 7.00. The Morgan fingerprint density at radius 3 is 2.25 bits per heavy atom. The van der Waals surface area contributed by atoms with Crippen molar-refractivity contribution >= 4 is 40.7 Å². The molecule has 7 heteroatoms. The van der Waals surface area contributed by atoms with Crippen LogP contribution in [0, 0.1) is 0 Å². The van der Waals surface area contributed by atoms with Crippen LogP contribution < -0.4 is 10.1 Å². The number of anilines is 1. The summed E-state index contributed by atoms with van der Waals surface area (Å²) in [7, 11) is 0. The van der Waals surface area contributed by atoms with E-state index in [0.29, 0.717) is 34.4 Å². The van der Waals surface area contributed by atoms with Gasteiger partial charge in [-0.25, -0.2) is 0 Å². The fourth-order valence-electron chi connectivity index (χ4n) is 2.51. The molecule has 0 aliphatic carbocycles. The summed E-state index contributed by atoms with van der Waals surface area (Å²) in [5.74, 6) is 0.117. The first-order chi connectivity index (χ1) is 13.5. The average Bonchev–Trinajstić information content (AvgIpc) is 2.69. The van der Waals surface area contributed by atoms with Crippen molar-refractivity contribution in [1.82, 2.24) is 4.90 Å². The number of para-hydroxylation sites is 1. The topological polar surface area (TPSA) is 58.6 Å². The predicted octanol–water partition coefficient (Wildman–Crippen LogP) is 5.27. The molecule has 0 aliphatic heterocycles. The quantitative estimate of drug-likeness (QED) is 0.559. The van der Waals surface area contributed by atoms with Crippen molar-refractivity contribution in [3.05, 3.63) is 58.1 Å². The summed E-state index contributed by atoms with van der Waals surface area (Å²) in [6.45, 7) is 4.84. The number of hydrogen-bond acceptors (Lipinski definition) is 3. The molecule has 0 aromatic heterocycles. The van der Waals surface area contributed by atoms with Gasteiger partial charge in [0.2, 0.25) is 5.91 Å². The van der Waals surface area contributed by atoms with Gasteiger partial charge in [0.05, 0.1) is 22.3 Å². The molecule has 2 aromatic carbocycles. The smallest absolute Gasteiger partial charge is 0.254 e. The summed E-state index contributed by atoms with van der Waals surface area (Å²) < 4.78 is 5.61. The summed E-state index contributed by atoms with van der Waals surface area (Å²) in [5.41, 5.74) is 0.834. The highest BCUT2D eigenvalue weighted by atomic mass is 35.5. The summed E-state index contributed by atoms with van der Waals surface area (Å²) in [6, 6.07) is 11.9. The van der Waals surface area contributed by atoms with E-state index >= 15 is 0 Å². The number of hydrogen-bond donors (Lipinski definition) is 1. The van der Waals surface area contributed by atoms with E-state index in [-0.39, 0.29) is 18.4 Å². The minimum absolute atomic E-state index is 0.106. The lowest BCUT2D eigenvalue weighted by Crippen LogP contribution is -2.37. The van der Waals surface area contributed by atoms with Crippen LogP contribution in [0.3, 0.4) is 0 Å². The highest BCUT2D eigenvalue weighted by Crippen LogP contribution is 2.29. The van der Waals surface area contributed by atoms with Crippen LogP contribution in [0.25, 0.3) is 0 Å². The monoisotopic (exact) mass is 422 g/mol.